The van der Waals surface area contributed by atoms with Crippen LogP contribution < -0.4 is 5.73 Å². The summed E-state index contributed by atoms with van der Waals surface area (Å²) >= 11 is 0. The molecule has 1 aromatic heterocycles. The average Bonchev–Trinajstić information content (AvgIpc) is 2.80. The van der Waals surface area contributed by atoms with Gasteiger partial charge in [0.1, 0.15) is 0 Å². The lowest BCUT2D eigenvalue weighted by Gasteiger charge is -2.26. The molecule has 0 spiro atoms. The highest BCUT2D eigenvalue weighted by Crippen LogP contribution is 2.19. The molecule has 18 heavy (non-hydrogen) atoms. The van der Waals surface area contributed by atoms with Crippen LogP contribution in [0.15, 0.2) is 30.5 Å². The number of aromatic nitrogens is 1. The average molecular weight is 243 g/mol. The lowest BCUT2D eigenvalue weighted by molar-refractivity contribution is 0.221. The molecule has 0 saturated carbocycles. The molecule has 1 fully saturated rings. The zero-order chi connectivity index (χ0) is 12.4. The molecule has 2 heterocycles. The second-order valence-corrected chi connectivity index (χ2v) is 5.23. The van der Waals surface area contributed by atoms with Crippen LogP contribution >= 0.6 is 0 Å². The maximum Gasteiger partial charge on any atom is 0.0501 e. The highest BCUT2D eigenvalue weighted by molar-refractivity contribution is 5.83. The molecule has 3 rings (SSSR count). The number of nitrogens with two attached hydrogens (primary N) is 1. The molecule has 0 amide bonds. The molecular formula is C15H21N3. The number of anilines is 1. The van der Waals surface area contributed by atoms with Crippen LogP contribution in [-0.2, 0) is 6.54 Å². The number of rotatable bonds is 3. The molecule has 1 saturated heterocycles. The highest BCUT2D eigenvalue weighted by atomic mass is 15.1. The predicted molar refractivity (Wildman–Crippen MR) is 76.6 cm³/mol. The number of likely N-dealkylation sites (tertiary alicyclic amines) is 1. The molecule has 0 radical (unpaired) electrons. The molecule has 0 bridgehead atoms. The molecule has 1 aromatic carbocycles. The van der Waals surface area contributed by atoms with E-state index >= 15 is 0 Å². The van der Waals surface area contributed by atoms with Gasteiger partial charge in [-0.1, -0.05) is 12.5 Å². The van der Waals surface area contributed by atoms with Gasteiger partial charge >= 0.3 is 0 Å². The van der Waals surface area contributed by atoms with Gasteiger partial charge < -0.3 is 15.2 Å². The Morgan fingerprint density at radius 2 is 1.83 bits per heavy atom. The Morgan fingerprint density at radius 3 is 2.67 bits per heavy atom. The van der Waals surface area contributed by atoms with Crippen LogP contribution in [0.25, 0.3) is 10.9 Å². The van der Waals surface area contributed by atoms with Crippen molar-refractivity contribution in [2.45, 2.75) is 25.8 Å². The fraction of sp³-hybridized carbons (Fsp3) is 0.467. The Hall–Kier alpha value is -1.48. The van der Waals surface area contributed by atoms with Gasteiger partial charge in [0.2, 0.25) is 0 Å². The van der Waals surface area contributed by atoms with Crippen molar-refractivity contribution in [2.24, 2.45) is 0 Å². The second-order valence-electron chi connectivity index (χ2n) is 5.23. The van der Waals surface area contributed by atoms with Crippen molar-refractivity contribution in [2.75, 3.05) is 25.4 Å². The van der Waals surface area contributed by atoms with Gasteiger partial charge in [-0.25, -0.2) is 0 Å². The molecule has 2 N–H and O–H groups in total. The summed E-state index contributed by atoms with van der Waals surface area (Å²) in [6, 6.07) is 8.32. The topological polar surface area (TPSA) is 34.2 Å². The maximum absolute atomic E-state index is 5.87. The van der Waals surface area contributed by atoms with E-state index in [2.05, 4.69) is 33.9 Å². The Kier molecular flexibility index (Phi) is 3.24. The number of hydrogen-bond donors (Lipinski definition) is 1. The molecule has 3 heteroatoms. The fourth-order valence-corrected chi connectivity index (χ4v) is 2.83. The fourth-order valence-electron chi connectivity index (χ4n) is 2.83. The molecule has 0 unspecified atom stereocenters. The largest absolute Gasteiger partial charge is 0.399 e. The molecule has 0 aliphatic carbocycles. The first kappa shape index (κ1) is 11.6. The van der Waals surface area contributed by atoms with E-state index in [1.807, 2.05) is 6.07 Å². The first-order valence-electron chi connectivity index (χ1n) is 6.90. The van der Waals surface area contributed by atoms with Crippen molar-refractivity contribution in [3.8, 4) is 0 Å². The standard InChI is InChI=1S/C15H21N3/c16-14-5-4-13-6-9-18(15(13)12-14)11-10-17-7-2-1-3-8-17/h4-6,9,12H,1-3,7-8,10-11,16H2. The molecule has 2 aromatic rings. The first-order chi connectivity index (χ1) is 8.83. The summed E-state index contributed by atoms with van der Waals surface area (Å²) in [7, 11) is 0. The Morgan fingerprint density at radius 1 is 1.00 bits per heavy atom. The molecule has 1 aliphatic heterocycles. The molecule has 0 atom stereocenters. The minimum absolute atomic E-state index is 0.848. The SMILES string of the molecule is Nc1ccc2ccn(CCN3CCCCC3)c2c1. The summed E-state index contributed by atoms with van der Waals surface area (Å²) in [6.45, 7) is 4.74. The molecular weight excluding hydrogens is 222 g/mol. The third-order valence-corrected chi connectivity index (χ3v) is 3.90. The number of fused-ring (bicyclic) bond motifs is 1. The smallest absolute Gasteiger partial charge is 0.0501 e. The molecule has 96 valence electrons. The Labute approximate surface area is 108 Å². The lowest BCUT2D eigenvalue weighted by atomic mass is 10.1. The summed E-state index contributed by atoms with van der Waals surface area (Å²) in [5.41, 5.74) is 7.97. The number of nitrogens with zero attached hydrogens (tertiary/aromatic N) is 2. The van der Waals surface area contributed by atoms with Crippen molar-refractivity contribution >= 4 is 16.6 Å². The van der Waals surface area contributed by atoms with Gasteiger partial charge in [0.25, 0.3) is 0 Å². The van der Waals surface area contributed by atoms with Crippen molar-refractivity contribution in [1.82, 2.24) is 9.47 Å². The van der Waals surface area contributed by atoms with Gasteiger partial charge in [-0.2, -0.15) is 0 Å². The van der Waals surface area contributed by atoms with E-state index in [0.717, 1.165) is 18.8 Å². The first-order valence-corrected chi connectivity index (χ1v) is 6.90. The lowest BCUT2D eigenvalue weighted by Crippen LogP contribution is -2.32. The van der Waals surface area contributed by atoms with Crippen molar-refractivity contribution in [1.29, 1.82) is 0 Å². The molecule has 1 aliphatic rings. The Balaban J connectivity index is 1.72. The van der Waals surface area contributed by atoms with Gasteiger partial charge in [0.15, 0.2) is 0 Å². The van der Waals surface area contributed by atoms with Crippen LogP contribution in [0.2, 0.25) is 0 Å². The number of hydrogen-bond acceptors (Lipinski definition) is 2. The minimum atomic E-state index is 0.848. The van der Waals surface area contributed by atoms with Crippen molar-refractivity contribution in [3.63, 3.8) is 0 Å². The monoisotopic (exact) mass is 243 g/mol. The predicted octanol–water partition coefficient (Wildman–Crippen LogP) is 2.71. The van der Waals surface area contributed by atoms with Gasteiger partial charge in [-0.15, -0.1) is 0 Å². The van der Waals surface area contributed by atoms with Crippen molar-refractivity contribution in [3.05, 3.63) is 30.5 Å². The van der Waals surface area contributed by atoms with E-state index in [-0.39, 0.29) is 0 Å². The van der Waals surface area contributed by atoms with Gasteiger partial charge in [0, 0.05) is 25.0 Å². The van der Waals surface area contributed by atoms with Gasteiger partial charge in [0.05, 0.1) is 5.52 Å². The summed E-state index contributed by atoms with van der Waals surface area (Å²) < 4.78 is 2.32. The third kappa shape index (κ3) is 2.36. The van der Waals surface area contributed by atoms with E-state index in [0.29, 0.717) is 0 Å². The summed E-state index contributed by atoms with van der Waals surface area (Å²) in [5.74, 6) is 0. The quantitative estimate of drug-likeness (QED) is 0.841. The van der Waals surface area contributed by atoms with Crippen LogP contribution in [0, 0.1) is 0 Å². The summed E-state index contributed by atoms with van der Waals surface area (Å²) in [6.07, 6.45) is 6.30. The number of piperidine rings is 1. The van der Waals surface area contributed by atoms with Crippen LogP contribution in [0.5, 0.6) is 0 Å². The van der Waals surface area contributed by atoms with E-state index in [9.17, 15) is 0 Å². The number of nitrogen functional groups attached to an aromatic ring is 1. The zero-order valence-electron chi connectivity index (χ0n) is 10.8. The maximum atomic E-state index is 5.87. The third-order valence-electron chi connectivity index (χ3n) is 3.90. The van der Waals surface area contributed by atoms with E-state index in [4.69, 9.17) is 5.73 Å². The minimum Gasteiger partial charge on any atom is -0.399 e. The zero-order valence-corrected chi connectivity index (χ0v) is 10.8. The van der Waals surface area contributed by atoms with Crippen molar-refractivity contribution < 1.29 is 0 Å². The van der Waals surface area contributed by atoms with E-state index in [1.54, 1.807) is 0 Å². The normalized spacial score (nSPS) is 17.3. The van der Waals surface area contributed by atoms with Gasteiger partial charge in [-0.05, 0) is 49.5 Å². The summed E-state index contributed by atoms with van der Waals surface area (Å²) in [4.78, 5) is 2.57. The number of benzene rings is 1. The van der Waals surface area contributed by atoms with Crippen LogP contribution in [-0.4, -0.2) is 29.1 Å². The Bertz CT molecular complexity index is 524. The second kappa shape index (κ2) is 5.02. The van der Waals surface area contributed by atoms with Gasteiger partial charge in [-0.3, -0.25) is 0 Å². The van der Waals surface area contributed by atoms with E-state index in [1.165, 1.54) is 43.3 Å². The highest BCUT2D eigenvalue weighted by Gasteiger charge is 2.10. The van der Waals surface area contributed by atoms with E-state index < -0.39 is 0 Å². The van der Waals surface area contributed by atoms with Crippen LogP contribution in [0.4, 0.5) is 5.69 Å². The van der Waals surface area contributed by atoms with Crippen LogP contribution in [0.1, 0.15) is 19.3 Å². The molecule has 3 nitrogen and oxygen atoms in total. The van der Waals surface area contributed by atoms with Crippen LogP contribution in [0.3, 0.4) is 0 Å². The summed E-state index contributed by atoms with van der Waals surface area (Å²) in [5, 5.41) is 1.28.